The molecule has 1 aliphatic rings. The molecule has 0 spiro atoms. The van der Waals surface area contributed by atoms with Gasteiger partial charge in [-0.2, -0.15) is 0 Å². The van der Waals surface area contributed by atoms with Gasteiger partial charge in [-0.25, -0.2) is 9.97 Å². The summed E-state index contributed by atoms with van der Waals surface area (Å²) in [5.41, 5.74) is 1.95. The van der Waals surface area contributed by atoms with E-state index in [4.69, 9.17) is 9.90 Å². The lowest BCUT2D eigenvalue weighted by atomic mass is 9.86. The fourth-order valence-electron chi connectivity index (χ4n) is 3.59. The Balaban J connectivity index is 0.000000447. The van der Waals surface area contributed by atoms with Crippen molar-refractivity contribution in [3.63, 3.8) is 0 Å². The van der Waals surface area contributed by atoms with Crippen molar-refractivity contribution < 1.29 is 15.0 Å². The Kier molecular flexibility index (Phi) is 5.68. The molecule has 2 N–H and O–H groups in total. The molecule has 0 saturated heterocycles. The van der Waals surface area contributed by atoms with Crippen molar-refractivity contribution in [2.75, 3.05) is 6.61 Å². The van der Waals surface area contributed by atoms with E-state index in [1.165, 1.54) is 6.42 Å². The molecule has 3 heterocycles. The van der Waals surface area contributed by atoms with E-state index < -0.39 is 5.97 Å². The summed E-state index contributed by atoms with van der Waals surface area (Å²) in [4.78, 5) is 18.0. The molecule has 0 radical (unpaired) electrons. The van der Waals surface area contributed by atoms with Crippen LogP contribution in [0.2, 0.25) is 0 Å². The van der Waals surface area contributed by atoms with Gasteiger partial charge in [0.2, 0.25) is 0 Å². The van der Waals surface area contributed by atoms with Gasteiger partial charge in [0, 0.05) is 38.2 Å². The first-order chi connectivity index (χ1) is 12.6. The molecule has 1 fully saturated rings. The zero-order valence-corrected chi connectivity index (χ0v) is 14.8. The summed E-state index contributed by atoms with van der Waals surface area (Å²) in [5.74, 6) is 0.540. The molecule has 0 aromatic carbocycles. The number of aliphatic hydroxyl groups excluding tert-OH is 1. The number of imidazole rings is 2. The minimum absolute atomic E-state index is 0.288. The van der Waals surface area contributed by atoms with Gasteiger partial charge in [0.15, 0.2) is 5.82 Å². The molecule has 7 nitrogen and oxygen atoms in total. The van der Waals surface area contributed by atoms with Crippen LogP contribution in [0.3, 0.4) is 0 Å². The van der Waals surface area contributed by atoms with Gasteiger partial charge >= 0.3 is 0 Å². The summed E-state index contributed by atoms with van der Waals surface area (Å²) >= 11 is 0. The highest BCUT2D eigenvalue weighted by Crippen LogP contribution is 2.34. The summed E-state index contributed by atoms with van der Waals surface area (Å²) in [6, 6.07) is 6.41. The highest BCUT2D eigenvalue weighted by molar-refractivity contribution is 5.63. The van der Waals surface area contributed by atoms with E-state index in [1.54, 1.807) is 0 Å². The van der Waals surface area contributed by atoms with Crippen LogP contribution in [0.1, 0.15) is 38.6 Å². The molecule has 2 atom stereocenters. The number of aromatic nitrogens is 4. The Morgan fingerprint density at radius 2 is 2.08 bits per heavy atom. The van der Waals surface area contributed by atoms with Crippen LogP contribution < -0.4 is 0 Å². The maximum Gasteiger partial charge on any atom is 0.300 e. The molecule has 0 amide bonds. The molecule has 3 aromatic rings. The summed E-state index contributed by atoms with van der Waals surface area (Å²) in [5, 5.41) is 16.9. The topological polar surface area (TPSA) is 92.6 Å². The summed E-state index contributed by atoms with van der Waals surface area (Å²) in [7, 11) is 0. The number of fused-ring (bicyclic) bond motifs is 1. The van der Waals surface area contributed by atoms with E-state index >= 15 is 0 Å². The Labute approximate surface area is 151 Å². The van der Waals surface area contributed by atoms with E-state index in [9.17, 15) is 5.11 Å². The average molecular weight is 356 g/mol. The standard InChI is InChI=1S/C17H20N4O.C2H4O2/c22-12-13-4-3-5-14(10-13)20-9-7-18-17(20)15-11-19-16-6-1-2-8-21(15)16;1-2(3)4/h1-2,6-9,11,13-14,22H,3-5,10,12H2;1H3,(H,3,4)/t13-,14-;/m1./s1. The summed E-state index contributed by atoms with van der Waals surface area (Å²) in [6.45, 7) is 1.37. The normalized spacial score (nSPS) is 19.8. The first kappa shape index (κ1) is 18.1. The van der Waals surface area contributed by atoms with Crippen LogP contribution in [0.5, 0.6) is 0 Å². The molecule has 3 aromatic heterocycles. The maximum absolute atomic E-state index is 9.46. The van der Waals surface area contributed by atoms with Crippen LogP contribution in [0.25, 0.3) is 17.2 Å². The number of aliphatic hydroxyl groups is 1. The number of aliphatic carboxylic acids is 1. The number of nitrogens with zero attached hydrogens (tertiary/aromatic N) is 4. The highest BCUT2D eigenvalue weighted by Gasteiger charge is 2.25. The molecular weight excluding hydrogens is 332 g/mol. The molecule has 0 unspecified atom stereocenters. The number of carboxylic acids is 1. The molecule has 0 aliphatic heterocycles. The third-order valence-electron chi connectivity index (χ3n) is 4.72. The Hall–Kier alpha value is -2.67. The first-order valence-electron chi connectivity index (χ1n) is 8.85. The second-order valence-corrected chi connectivity index (χ2v) is 6.62. The zero-order valence-electron chi connectivity index (χ0n) is 14.8. The molecule has 1 aliphatic carbocycles. The number of carbonyl (C=O) groups is 1. The van der Waals surface area contributed by atoms with E-state index in [1.807, 2.05) is 36.8 Å². The number of hydrogen-bond donors (Lipinski definition) is 2. The van der Waals surface area contributed by atoms with Gasteiger partial charge in [-0.05, 0) is 37.3 Å². The van der Waals surface area contributed by atoms with Gasteiger partial charge in [-0.3, -0.25) is 9.20 Å². The van der Waals surface area contributed by atoms with Crippen LogP contribution in [-0.2, 0) is 4.79 Å². The second kappa shape index (κ2) is 8.14. The highest BCUT2D eigenvalue weighted by atomic mass is 16.4. The van der Waals surface area contributed by atoms with Crippen molar-refractivity contribution in [1.29, 1.82) is 0 Å². The minimum Gasteiger partial charge on any atom is -0.481 e. The Bertz CT molecular complexity index is 866. The van der Waals surface area contributed by atoms with Crippen molar-refractivity contribution in [3.05, 3.63) is 43.0 Å². The van der Waals surface area contributed by atoms with E-state index in [0.717, 1.165) is 43.4 Å². The largest absolute Gasteiger partial charge is 0.481 e. The van der Waals surface area contributed by atoms with Crippen LogP contribution >= 0.6 is 0 Å². The lowest BCUT2D eigenvalue weighted by Gasteiger charge is -2.29. The van der Waals surface area contributed by atoms with Gasteiger partial charge in [0.05, 0.1) is 6.20 Å². The third kappa shape index (κ3) is 3.94. The number of carboxylic acid groups (broad SMARTS) is 1. The lowest BCUT2D eigenvalue weighted by Crippen LogP contribution is -2.21. The quantitative estimate of drug-likeness (QED) is 0.752. The second-order valence-electron chi connectivity index (χ2n) is 6.62. The van der Waals surface area contributed by atoms with Gasteiger partial charge in [0.1, 0.15) is 11.3 Å². The fourth-order valence-corrected chi connectivity index (χ4v) is 3.59. The van der Waals surface area contributed by atoms with Crippen LogP contribution in [0.15, 0.2) is 43.0 Å². The zero-order chi connectivity index (χ0) is 18.5. The van der Waals surface area contributed by atoms with Crippen molar-refractivity contribution in [3.8, 4) is 11.5 Å². The van der Waals surface area contributed by atoms with Crippen LogP contribution in [0.4, 0.5) is 0 Å². The molecule has 138 valence electrons. The van der Waals surface area contributed by atoms with Crippen molar-refractivity contribution in [2.45, 2.75) is 38.6 Å². The predicted octanol–water partition coefficient (Wildman–Crippen LogP) is 3.01. The molecule has 1 saturated carbocycles. The van der Waals surface area contributed by atoms with E-state index in [-0.39, 0.29) is 6.61 Å². The predicted molar refractivity (Wildman–Crippen MR) is 97.8 cm³/mol. The monoisotopic (exact) mass is 356 g/mol. The number of rotatable bonds is 3. The SMILES string of the molecule is CC(=O)O.OC[C@@H]1CCC[C@@H](n2ccnc2-c2cnc3ccccn23)C1. The van der Waals surface area contributed by atoms with Gasteiger partial charge < -0.3 is 14.8 Å². The van der Waals surface area contributed by atoms with Crippen molar-refractivity contribution >= 4 is 11.6 Å². The Morgan fingerprint density at radius 3 is 2.85 bits per heavy atom. The minimum atomic E-state index is -0.833. The average Bonchev–Trinajstić information content (AvgIpc) is 3.27. The third-order valence-corrected chi connectivity index (χ3v) is 4.72. The Morgan fingerprint density at radius 1 is 1.27 bits per heavy atom. The maximum atomic E-state index is 9.46. The van der Waals surface area contributed by atoms with Crippen molar-refractivity contribution in [1.82, 2.24) is 18.9 Å². The van der Waals surface area contributed by atoms with Gasteiger partial charge in [0.25, 0.3) is 5.97 Å². The van der Waals surface area contributed by atoms with Crippen LogP contribution in [-0.4, -0.2) is 41.7 Å². The van der Waals surface area contributed by atoms with Gasteiger partial charge in [-0.1, -0.05) is 12.5 Å². The summed E-state index contributed by atoms with van der Waals surface area (Å²) < 4.78 is 4.34. The van der Waals surface area contributed by atoms with Crippen LogP contribution in [0, 0.1) is 5.92 Å². The molecular formula is C19H24N4O3. The first-order valence-corrected chi connectivity index (χ1v) is 8.85. The van der Waals surface area contributed by atoms with E-state index in [2.05, 4.69) is 25.1 Å². The smallest absolute Gasteiger partial charge is 0.300 e. The molecule has 4 rings (SSSR count). The van der Waals surface area contributed by atoms with Crippen molar-refractivity contribution in [2.24, 2.45) is 5.92 Å². The number of hydrogen-bond acceptors (Lipinski definition) is 4. The molecule has 26 heavy (non-hydrogen) atoms. The fraction of sp³-hybridized carbons (Fsp3) is 0.421. The lowest BCUT2D eigenvalue weighted by molar-refractivity contribution is -0.134. The van der Waals surface area contributed by atoms with E-state index in [0.29, 0.717) is 12.0 Å². The molecule has 0 bridgehead atoms. The molecule has 7 heteroatoms. The summed E-state index contributed by atoms with van der Waals surface area (Å²) in [6.07, 6.45) is 12.3. The van der Waals surface area contributed by atoms with Gasteiger partial charge in [-0.15, -0.1) is 0 Å². The number of pyridine rings is 1.